The molecule has 0 radical (unpaired) electrons. The summed E-state index contributed by atoms with van der Waals surface area (Å²) in [5.74, 6) is -0.490. The van der Waals surface area contributed by atoms with Crippen LogP contribution in [0.5, 0.6) is 5.75 Å². The first-order valence-electron chi connectivity index (χ1n) is 5.73. The third-order valence-electron chi connectivity index (χ3n) is 2.72. The van der Waals surface area contributed by atoms with E-state index >= 15 is 0 Å². The van der Waals surface area contributed by atoms with Gasteiger partial charge in [-0.25, -0.2) is 4.39 Å². The zero-order valence-corrected chi connectivity index (χ0v) is 10.3. The van der Waals surface area contributed by atoms with E-state index < -0.39 is 5.82 Å². The second-order valence-electron chi connectivity index (χ2n) is 4.32. The molecule has 1 heterocycles. The van der Waals surface area contributed by atoms with Crippen molar-refractivity contribution < 1.29 is 9.50 Å². The van der Waals surface area contributed by atoms with Gasteiger partial charge in [0.2, 0.25) is 0 Å². The van der Waals surface area contributed by atoms with Gasteiger partial charge in [0.05, 0.1) is 11.7 Å². The number of phenolic OH excluding ortho intramolecular Hbond substituents is 1. The zero-order chi connectivity index (χ0) is 13.1. The van der Waals surface area contributed by atoms with Gasteiger partial charge in [0.25, 0.3) is 0 Å². The molecule has 0 saturated heterocycles. The average molecular weight is 246 g/mol. The lowest BCUT2D eigenvalue weighted by molar-refractivity contribution is 0.459. The fourth-order valence-electron chi connectivity index (χ4n) is 1.84. The van der Waals surface area contributed by atoms with Crippen LogP contribution in [0.1, 0.15) is 24.1 Å². The summed E-state index contributed by atoms with van der Waals surface area (Å²) in [6, 6.07) is 5.86. The normalized spacial score (nSPS) is 12.2. The Kier molecular flexibility index (Phi) is 3.46. The number of aromatic hydroxyl groups is 1. The molecule has 0 bridgehead atoms. The molecule has 0 amide bonds. The molecular formula is C14H15FN2O. The Balaban J connectivity index is 2.19. The molecule has 0 saturated carbocycles. The van der Waals surface area contributed by atoms with Gasteiger partial charge in [-0.1, -0.05) is 6.07 Å². The molecule has 0 aliphatic heterocycles. The van der Waals surface area contributed by atoms with Crippen molar-refractivity contribution in [1.29, 1.82) is 0 Å². The number of aryl methyl sites for hydroxylation is 1. The van der Waals surface area contributed by atoms with Crippen LogP contribution in [0.25, 0.3) is 0 Å². The summed E-state index contributed by atoms with van der Waals surface area (Å²) in [5.41, 5.74) is 2.57. The number of halogens is 1. The zero-order valence-electron chi connectivity index (χ0n) is 10.3. The number of nitrogens with zero attached hydrogens (tertiary/aromatic N) is 1. The molecule has 2 rings (SSSR count). The highest BCUT2D eigenvalue weighted by atomic mass is 19.1. The summed E-state index contributed by atoms with van der Waals surface area (Å²) in [6.45, 7) is 3.85. The summed E-state index contributed by atoms with van der Waals surface area (Å²) in [5, 5.41) is 12.9. The summed E-state index contributed by atoms with van der Waals surface area (Å²) in [7, 11) is 0. The van der Waals surface area contributed by atoms with Crippen LogP contribution in [0.3, 0.4) is 0 Å². The van der Waals surface area contributed by atoms with Crippen molar-refractivity contribution in [2.75, 3.05) is 5.32 Å². The van der Waals surface area contributed by atoms with Crippen molar-refractivity contribution in [3.8, 4) is 5.75 Å². The number of hydrogen-bond acceptors (Lipinski definition) is 3. The number of nitrogens with one attached hydrogen (secondary N) is 1. The van der Waals surface area contributed by atoms with Gasteiger partial charge in [0.15, 0.2) is 0 Å². The summed E-state index contributed by atoms with van der Waals surface area (Å²) in [4.78, 5) is 4.08. The highest BCUT2D eigenvalue weighted by molar-refractivity contribution is 5.47. The highest BCUT2D eigenvalue weighted by Crippen LogP contribution is 2.27. The fourth-order valence-corrected chi connectivity index (χ4v) is 1.84. The molecule has 0 fully saturated rings. The van der Waals surface area contributed by atoms with E-state index in [1.807, 2.05) is 19.9 Å². The molecule has 94 valence electrons. The number of pyridine rings is 1. The Bertz CT molecular complexity index is 557. The maximum atomic E-state index is 12.9. The van der Waals surface area contributed by atoms with E-state index in [4.69, 9.17) is 0 Å². The van der Waals surface area contributed by atoms with Gasteiger partial charge in [0, 0.05) is 24.0 Å². The van der Waals surface area contributed by atoms with Gasteiger partial charge in [-0.05, 0) is 31.5 Å². The number of aromatic nitrogens is 1. The van der Waals surface area contributed by atoms with Crippen molar-refractivity contribution in [3.63, 3.8) is 0 Å². The van der Waals surface area contributed by atoms with E-state index in [9.17, 15) is 9.50 Å². The van der Waals surface area contributed by atoms with Gasteiger partial charge in [0.1, 0.15) is 11.6 Å². The minimum atomic E-state index is -0.444. The summed E-state index contributed by atoms with van der Waals surface area (Å²) < 4.78 is 12.9. The SMILES string of the molecule is Cc1cncc(NC(C)c2ccc(F)cc2O)c1. The molecule has 4 heteroatoms. The Morgan fingerprint density at radius 2 is 2.06 bits per heavy atom. The van der Waals surface area contributed by atoms with Crippen LogP contribution >= 0.6 is 0 Å². The van der Waals surface area contributed by atoms with E-state index in [-0.39, 0.29) is 11.8 Å². The largest absolute Gasteiger partial charge is 0.507 e. The predicted octanol–water partition coefficient (Wildman–Crippen LogP) is 3.41. The third-order valence-corrected chi connectivity index (χ3v) is 2.72. The predicted molar refractivity (Wildman–Crippen MR) is 69.1 cm³/mol. The molecule has 18 heavy (non-hydrogen) atoms. The second-order valence-corrected chi connectivity index (χ2v) is 4.32. The maximum Gasteiger partial charge on any atom is 0.126 e. The van der Waals surface area contributed by atoms with Crippen LogP contribution in [-0.4, -0.2) is 10.1 Å². The first-order valence-corrected chi connectivity index (χ1v) is 5.73. The van der Waals surface area contributed by atoms with E-state index in [0.717, 1.165) is 17.3 Å². The van der Waals surface area contributed by atoms with Crippen molar-refractivity contribution in [1.82, 2.24) is 4.98 Å². The van der Waals surface area contributed by atoms with E-state index in [2.05, 4.69) is 10.3 Å². The number of hydrogen-bond donors (Lipinski definition) is 2. The number of rotatable bonds is 3. The number of phenols is 1. The van der Waals surface area contributed by atoms with Crippen molar-refractivity contribution in [2.45, 2.75) is 19.9 Å². The topological polar surface area (TPSA) is 45.2 Å². The van der Waals surface area contributed by atoms with Crippen LogP contribution in [0.2, 0.25) is 0 Å². The monoisotopic (exact) mass is 246 g/mol. The lowest BCUT2D eigenvalue weighted by atomic mass is 10.1. The summed E-state index contributed by atoms with van der Waals surface area (Å²) in [6.07, 6.45) is 3.48. The molecule has 1 aromatic carbocycles. The Morgan fingerprint density at radius 3 is 2.72 bits per heavy atom. The van der Waals surface area contributed by atoms with Gasteiger partial charge in [-0.15, -0.1) is 0 Å². The lowest BCUT2D eigenvalue weighted by Crippen LogP contribution is -2.07. The van der Waals surface area contributed by atoms with Crippen LogP contribution < -0.4 is 5.32 Å². The van der Waals surface area contributed by atoms with Gasteiger partial charge < -0.3 is 10.4 Å². The molecule has 1 unspecified atom stereocenters. The fraction of sp³-hybridized carbons (Fsp3) is 0.214. The van der Waals surface area contributed by atoms with Crippen molar-refractivity contribution >= 4 is 5.69 Å². The Hall–Kier alpha value is -2.10. The Morgan fingerprint density at radius 1 is 1.28 bits per heavy atom. The quantitative estimate of drug-likeness (QED) is 0.872. The molecule has 0 aliphatic rings. The minimum Gasteiger partial charge on any atom is -0.507 e. The van der Waals surface area contributed by atoms with E-state index in [1.165, 1.54) is 6.07 Å². The molecule has 2 N–H and O–H groups in total. The van der Waals surface area contributed by atoms with E-state index in [0.29, 0.717) is 5.56 Å². The molecular weight excluding hydrogens is 231 g/mol. The van der Waals surface area contributed by atoms with Crippen LogP contribution in [0.15, 0.2) is 36.7 Å². The molecule has 2 aromatic rings. The van der Waals surface area contributed by atoms with Gasteiger partial charge >= 0.3 is 0 Å². The molecule has 1 aromatic heterocycles. The lowest BCUT2D eigenvalue weighted by Gasteiger charge is -2.16. The van der Waals surface area contributed by atoms with Crippen LogP contribution in [0, 0.1) is 12.7 Å². The minimum absolute atomic E-state index is 0.0457. The molecule has 0 aliphatic carbocycles. The maximum absolute atomic E-state index is 12.9. The number of anilines is 1. The second kappa shape index (κ2) is 5.04. The standard InChI is InChI=1S/C14H15FN2O/c1-9-5-12(8-16-7-9)17-10(2)13-4-3-11(15)6-14(13)18/h3-8,10,17-18H,1-2H3. The average Bonchev–Trinajstić information content (AvgIpc) is 2.28. The first kappa shape index (κ1) is 12.4. The smallest absolute Gasteiger partial charge is 0.126 e. The van der Waals surface area contributed by atoms with Crippen LogP contribution in [0.4, 0.5) is 10.1 Å². The number of benzene rings is 1. The Labute approximate surface area is 105 Å². The van der Waals surface area contributed by atoms with Gasteiger partial charge in [-0.3, -0.25) is 4.98 Å². The van der Waals surface area contributed by atoms with Crippen molar-refractivity contribution in [2.24, 2.45) is 0 Å². The van der Waals surface area contributed by atoms with E-state index in [1.54, 1.807) is 18.5 Å². The molecule has 0 spiro atoms. The van der Waals surface area contributed by atoms with Crippen molar-refractivity contribution in [3.05, 3.63) is 53.6 Å². The van der Waals surface area contributed by atoms with Gasteiger partial charge in [-0.2, -0.15) is 0 Å². The first-order chi connectivity index (χ1) is 8.56. The molecule has 3 nitrogen and oxygen atoms in total. The van der Waals surface area contributed by atoms with Crippen LogP contribution in [-0.2, 0) is 0 Å². The summed E-state index contributed by atoms with van der Waals surface area (Å²) >= 11 is 0. The highest BCUT2D eigenvalue weighted by Gasteiger charge is 2.11. The molecule has 1 atom stereocenters. The third kappa shape index (κ3) is 2.77.